The number of unbranched alkanes of at least 4 members (excludes halogenated alkanes) is 31. The van der Waals surface area contributed by atoms with E-state index in [2.05, 4.69) is 57.2 Å². The van der Waals surface area contributed by atoms with E-state index >= 15 is 0 Å². The molecule has 1 aliphatic rings. The number of hydrogen-bond acceptors (Lipinski definition) is 11. The lowest BCUT2D eigenvalue weighted by Gasteiger charge is -2.40. The highest BCUT2D eigenvalue weighted by Gasteiger charge is 2.50. The van der Waals surface area contributed by atoms with Crippen molar-refractivity contribution >= 4 is 23.9 Å². The van der Waals surface area contributed by atoms with Gasteiger partial charge in [-0.15, -0.1) is 0 Å². The summed E-state index contributed by atoms with van der Waals surface area (Å²) in [7, 11) is 0. The van der Waals surface area contributed by atoms with Crippen molar-refractivity contribution in [3.8, 4) is 0 Å². The molecule has 1 aliphatic heterocycles. The largest absolute Gasteiger partial charge is 0.479 e. The average Bonchev–Trinajstić information content (AvgIpc) is 3.37. The molecule has 12 nitrogen and oxygen atoms in total. The molecule has 0 radical (unpaired) electrons. The molecule has 0 aromatic heterocycles. The van der Waals surface area contributed by atoms with Gasteiger partial charge in [-0.2, -0.15) is 0 Å². The van der Waals surface area contributed by atoms with Crippen LogP contribution in [0.2, 0.25) is 0 Å². The molecule has 0 aliphatic carbocycles. The van der Waals surface area contributed by atoms with Crippen LogP contribution >= 0.6 is 0 Å². The maximum absolute atomic E-state index is 13.1. The second-order valence-corrected chi connectivity index (χ2v) is 20.6. The highest BCUT2D eigenvalue weighted by atomic mass is 16.7. The van der Waals surface area contributed by atoms with Crippen LogP contribution in [0.5, 0.6) is 0 Å². The Balaban J connectivity index is 2.67. The van der Waals surface area contributed by atoms with Gasteiger partial charge in [-0.25, -0.2) is 4.79 Å². The smallest absolute Gasteiger partial charge is 0.335 e. The van der Waals surface area contributed by atoms with E-state index in [0.29, 0.717) is 19.3 Å². The van der Waals surface area contributed by atoms with E-state index in [1.54, 1.807) is 0 Å². The molecule has 1 heterocycles. The zero-order valence-electron chi connectivity index (χ0n) is 46.6. The second-order valence-electron chi connectivity index (χ2n) is 20.6. The molecule has 0 aromatic carbocycles. The summed E-state index contributed by atoms with van der Waals surface area (Å²) in [4.78, 5) is 51.1. The number of hydrogen-bond donors (Lipinski definition) is 3. The monoisotopic (exact) mass is 1030 g/mol. The van der Waals surface area contributed by atoms with Crippen LogP contribution < -0.4 is 0 Å². The summed E-state index contributed by atoms with van der Waals surface area (Å²) >= 11 is 0. The Morgan fingerprint density at radius 1 is 0.466 bits per heavy atom. The molecule has 0 aromatic rings. The zero-order valence-corrected chi connectivity index (χ0v) is 46.6. The zero-order chi connectivity index (χ0) is 53.3. The van der Waals surface area contributed by atoms with Crippen LogP contribution in [0, 0.1) is 0 Å². The lowest BCUT2D eigenvalue weighted by molar-refractivity contribution is -0.301. The van der Waals surface area contributed by atoms with Crippen molar-refractivity contribution in [1.82, 2.24) is 0 Å². The van der Waals surface area contributed by atoms with Crippen molar-refractivity contribution in [3.05, 3.63) is 36.5 Å². The van der Waals surface area contributed by atoms with Gasteiger partial charge in [0.25, 0.3) is 0 Å². The van der Waals surface area contributed by atoms with E-state index in [1.807, 2.05) is 0 Å². The molecule has 0 saturated carbocycles. The van der Waals surface area contributed by atoms with E-state index in [9.17, 15) is 34.5 Å². The Morgan fingerprint density at radius 2 is 0.863 bits per heavy atom. The van der Waals surface area contributed by atoms with Gasteiger partial charge in [0.1, 0.15) is 18.8 Å². The lowest BCUT2D eigenvalue weighted by Crippen LogP contribution is -2.61. The molecule has 12 heteroatoms. The number of rotatable bonds is 51. The van der Waals surface area contributed by atoms with E-state index in [1.165, 1.54) is 141 Å². The SMILES string of the molecule is CC/C=C\C/C=C\C/C=C\CCCCCC(=O)OCC(COC1OC(C(=O)O)C(O)C(O)C1OC(=O)CCCCCCCCCCCCCCCCCCC)OC(=O)CCCCCCCCCCCCCCC. The Labute approximate surface area is 444 Å². The molecule has 0 spiro atoms. The van der Waals surface area contributed by atoms with Crippen molar-refractivity contribution in [2.24, 2.45) is 0 Å². The normalized spacial score (nSPS) is 18.5. The molecular weight excluding hydrogens is 925 g/mol. The number of ether oxygens (including phenoxy) is 5. The minimum absolute atomic E-state index is 0.0636. The van der Waals surface area contributed by atoms with Gasteiger partial charge in [0, 0.05) is 19.3 Å². The van der Waals surface area contributed by atoms with Gasteiger partial charge < -0.3 is 39.0 Å². The molecule has 1 saturated heterocycles. The molecule has 1 fully saturated rings. The van der Waals surface area contributed by atoms with Gasteiger partial charge in [-0.05, 0) is 51.4 Å². The number of aliphatic hydroxyl groups is 2. The minimum Gasteiger partial charge on any atom is -0.479 e. The lowest BCUT2D eigenvalue weighted by atomic mass is 9.98. The predicted molar refractivity (Wildman–Crippen MR) is 294 cm³/mol. The van der Waals surface area contributed by atoms with Crippen molar-refractivity contribution in [2.75, 3.05) is 13.2 Å². The fourth-order valence-corrected chi connectivity index (χ4v) is 9.15. The number of carbonyl (C=O) groups is 4. The van der Waals surface area contributed by atoms with E-state index in [4.69, 9.17) is 23.7 Å². The first-order valence-corrected chi connectivity index (χ1v) is 30.0. The van der Waals surface area contributed by atoms with Crippen LogP contribution in [-0.4, -0.2) is 89.2 Å². The van der Waals surface area contributed by atoms with E-state index in [-0.39, 0.29) is 25.9 Å². The summed E-state index contributed by atoms with van der Waals surface area (Å²) < 4.78 is 28.4. The molecule has 73 heavy (non-hydrogen) atoms. The van der Waals surface area contributed by atoms with Crippen LogP contribution in [0.25, 0.3) is 0 Å². The average molecular weight is 1030 g/mol. The molecule has 0 bridgehead atoms. The summed E-state index contributed by atoms with van der Waals surface area (Å²) in [6, 6.07) is 0. The predicted octanol–water partition coefficient (Wildman–Crippen LogP) is 15.2. The minimum atomic E-state index is -1.90. The highest BCUT2D eigenvalue weighted by molar-refractivity contribution is 5.74. The molecule has 0 amide bonds. The van der Waals surface area contributed by atoms with Crippen LogP contribution in [0.1, 0.15) is 278 Å². The molecule has 6 unspecified atom stereocenters. The number of aliphatic carboxylic acids is 1. The molecule has 1 rings (SSSR count). The second kappa shape index (κ2) is 49.8. The van der Waals surface area contributed by atoms with E-state index < -0.39 is 67.3 Å². The summed E-state index contributed by atoms with van der Waals surface area (Å²) in [6.07, 6.45) is 45.5. The number of carboxylic acid groups (broad SMARTS) is 1. The first-order chi connectivity index (χ1) is 35.6. The fourth-order valence-electron chi connectivity index (χ4n) is 9.15. The number of carboxylic acids is 1. The molecule has 6 atom stereocenters. The van der Waals surface area contributed by atoms with Gasteiger partial charge in [0.15, 0.2) is 24.6 Å². The fraction of sp³-hybridized carbons (Fsp3) is 0.836. The third kappa shape index (κ3) is 39.9. The molecular formula is C61H108O12. The first-order valence-electron chi connectivity index (χ1n) is 30.0. The summed E-state index contributed by atoms with van der Waals surface area (Å²) in [6.45, 7) is 5.88. The van der Waals surface area contributed by atoms with Crippen molar-refractivity contribution in [3.63, 3.8) is 0 Å². The van der Waals surface area contributed by atoms with Crippen molar-refractivity contribution < 1.29 is 58.2 Å². The van der Waals surface area contributed by atoms with Gasteiger partial charge >= 0.3 is 23.9 Å². The Hall–Kier alpha value is -3.06. The van der Waals surface area contributed by atoms with Gasteiger partial charge in [0.05, 0.1) is 6.61 Å². The van der Waals surface area contributed by atoms with Crippen molar-refractivity contribution in [1.29, 1.82) is 0 Å². The molecule has 424 valence electrons. The van der Waals surface area contributed by atoms with Gasteiger partial charge in [-0.1, -0.05) is 243 Å². The summed E-state index contributed by atoms with van der Waals surface area (Å²) in [5.41, 5.74) is 0. The highest BCUT2D eigenvalue weighted by Crippen LogP contribution is 2.27. The van der Waals surface area contributed by atoms with Crippen LogP contribution in [-0.2, 0) is 42.9 Å². The maximum Gasteiger partial charge on any atom is 0.335 e. The van der Waals surface area contributed by atoms with Gasteiger partial charge in [0.2, 0.25) is 0 Å². The number of aliphatic hydroxyl groups excluding tert-OH is 2. The van der Waals surface area contributed by atoms with Crippen LogP contribution in [0.15, 0.2) is 36.5 Å². The van der Waals surface area contributed by atoms with E-state index in [0.717, 1.165) is 77.0 Å². The van der Waals surface area contributed by atoms with Gasteiger partial charge in [-0.3, -0.25) is 14.4 Å². The van der Waals surface area contributed by atoms with Crippen molar-refractivity contribution in [2.45, 2.75) is 314 Å². The third-order valence-corrected chi connectivity index (χ3v) is 13.7. The Bertz CT molecular complexity index is 1410. The maximum atomic E-state index is 13.1. The first kappa shape index (κ1) is 68.0. The van der Waals surface area contributed by atoms with Crippen LogP contribution in [0.4, 0.5) is 0 Å². The quantitative estimate of drug-likeness (QED) is 0.0228. The summed E-state index contributed by atoms with van der Waals surface area (Å²) in [5, 5.41) is 31.5. The summed E-state index contributed by atoms with van der Waals surface area (Å²) in [5.74, 6) is -3.13. The molecule has 3 N–H and O–H groups in total. The Morgan fingerprint density at radius 3 is 1.32 bits per heavy atom. The third-order valence-electron chi connectivity index (χ3n) is 13.7. The van der Waals surface area contributed by atoms with Crippen LogP contribution in [0.3, 0.4) is 0 Å². The number of esters is 3. The standard InChI is InChI=1S/C61H108O12/c1-4-7-10-13-16-19-22-25-26-27-28-31-34-37-40-43-46-49-55(64)72-59-57(66)56(65)58(60(67)68)73-61(59)70-51-52(71-54(63)48-45-42-39-36-33-30-24-21-18-15-12-9-6-3)50-69-53(62)47-44-41-38-35-32-29-23-20-17-14-11-8-5-2/h8,11,17,20,29,32,52,56-59,61,65-66H,4-7,9-10,12-16,18-19,21-28,30-31,33-51H2,1-3H3,(H,67,68)/b11-8-,20-17-,32-29-. The number of allylic oxidation sites excluding steroid dienone is 6. The topological polar surface area (TPSA) is 175 Å². The number of carbonyl (C=O) groups excluding carboxylic acids is 3. The Kier molecular flexibility index (Phi) is 46.4.